The lowest BCUT2D eigenvalue weighted by Gasteiger charge is -2.61. The average molecular weight is 434 g/mol. The fourth-order valence-electron chi connectivity index (χ4n) is 6.45. The summed E-state index contributed by atoms with van der Waals surface area (Å²) < 4.78 is 5.71. The maximum Gasteiger partial charge on any atom is 0.255 e. The number of hydrogen-bond acceptors (Lipinski definition) is 5. The Morgan fingerprint density at radius 1 is 1.22 bits per heavy atom. The van der Waals surface area contributed by atoms with Gasteiger partial charge in [-0.15, -0.1) is 0 Å². The molecule has 5 aliphatic rings. The Bertz CT molecular complexity index is 1130. The van der Waals surface area contributed by atoms with E-state index < -0.39 is 5.66 Å². The van der Waals surface area contributed by atoms with E-state index in [0.29, 0.717) is 36.6 Å². The van der Waals surface area contributed by atoms with Gasteiger partial charge in [0.1, 0.15) is 23.8 Å². The van der Waals surface area contributed by atoms with Crippen LogP contribution >= 0.6 is 0 Å². The van der Waals surface area contributed by atoms with E-state index in [1.54, 1.807) is 23.1 Å². The summed E-state index contributed by atoms with van der Waals surface area (Å²) in [5.41, 5.74) is 1.42. The number of nitrogens with one attached hydrogen (secondary N) is 2. The molecule has 166 valence electrons. The number of phenols is 1. The van der Waals surface area contributed by atoms with Crippen molar-refractivity contribution in [2.24, 2.45) is 17.3 Å². The van der Waals surface area contributed by atoms with Gasteiger partial charge in [-0.3, -0.25) is 9.59 Å². The van der Waals surface area contributed by atoms with Gasteiger partial charge in [-0.2, -0.15) is 0 Å². The molecule has 7 heteroatoms. The number of benzene rings is 2. The lowest BCUT2D eigenvalue weighted by molar-refractivity contribution is -0.137. The van der Waals surface area contributed by atoms with Crippen LogP contribution in [0, 0.1) is 17.3 Å². The van der Waals surface area contributed by atoms with Gasteiger partial charge in [0.15, 0.2) is 0 Å². The minimum absolute atomic E-state index is 0.0454. The molecule has 0 saturated heterocycles. The molecule has 0 radical (unpaired) electrons. The number of phenolic OH excluding ortho intramolecular Hbond substituents is 1. The molecule has 2 bridgehead atoms. The Labute approximate surface area is 186 Å². The van der Waals surface area contributed by atoms with Crippen LogP contribution in [0.2, 0.25) is 0 Å². The van der Waals surface area contributed by atoms with Gasteiger partial charge in [-0.25, -0.2) is 0 Å². The molecule has 32 heavy (non-hydrogen) atoms. The molecule has 2 amide bonds. The number of para-hydroxylation sites is 1. The highest BCUT2D eigenvalue weighted by atomic mass is 16.5. The molecule has 3 saturated carbocycles. The lowest BCUT2D eigenvalue weighted by atomic mass is 9.51. The first-order valence-electron chi connectivity index (χ1n) is 11.4. The second kappa shape index (κ2) is 6.64. The summed E-state index contributed by atoms with van der Waals surface area (Å²) in [4.78, 5) is 28.5. The number of hydrogen-bond donors (Lipinski definition) is 3. The highest BCUT2D eigenvalue weighted by molar-refractivity contribution is 6.02. The molecule has 7 rings (SSSR count). The van der Waals surface area contributed by atoms with Crippen molar-refractivity contribution >= 4 is 23.2 Å². The van der Waals surface area contributed by atoms with E-state index in [1.165, 1.54) is 0 Å². The highest BCUT2D eigenvalue weighted by Crippen LogP contribution is 2.59. The van der Waals surface area contributed by atoms with E-state index in [2.05, 4.69) is 17.6 Å². The normalized spacial score (nSPS) is 32.4. The summed E-state index contributed by atoms with van der Waals surface area (Å²) >= 11 is 0. The zero-order valence-corrected chi connectivity index (χ0v) is 18.1. The largest absolute Gasteiger partial charge is 0.508 e. The van der Waals surface area contributed by atoms with Gasteiger partial charge in [-0.05, 0) is 55.4 Å². The van der Waals surface area contributed by atoms with Crippen LogP contribution in [0.25, 0.3) is 0 Å². The number of anilines is 2. The fourth-order valence-corrected chi connectivity index (χ4v) is 6.45. The maximum absolute atomic E-state index is 13.8. The number of carbonyl (C=O) groups excluding carboxylic acids is 2. The van der Waals surface area contributed by atoms with Gasteiger partial charge >= 0.3 is 0 Å². The standard InChI is InChI=1S/C25H27N3O4/c1-24-9-8-15(25(14-24)26-19-5-3-2-4-17(19)22(30)27-25)12-18(24)23(31)28-10-11-32-21-7-6-16(29)13-20(21)28/h2-7,13,15,18,26,29H,8-12,14H2,1H3,(H,27,30). The fraction of sp³-hybridized carbons (Fsp3) is 0.440. The molecule has 2 heterocycles. The van der Waals surface area contributed by atoms with Gasteiger partial charge in [0.2, 0.25) is 5.91 Å². The van der Waals surface area contributed by atoms with Crippen molar-refractivity contribution in [3.05, 3.63) is 48.0 Å². The van der Waals surface area contributed by atoms with Crippen LogP contribution in [0.1, 0.15) is 43.0 Å². The predicted molar refractivity (Wildman–Crippen MR) is 120 cm³/mol. The quantitative estimate of drug-likeness (QED) is 0.640. The molecule has 3 aliphatic carbocycles. The minimum Gasteiger partial charge on any atom is -0.508 e. The zero-order valence-electron chi connectivity index (χ0n) is 18.1. The Hall–Kier alpha value is -3.22. The third kappa shape index (κ3) is 2.73. The number of rotatable bonds is 1. The summed E-state index contributed by atoms with van der Waals surface area (Å²) in [5.74, 6) is 0.815. The number of nitrogens with zero attached hydrogens (tertiary/aromatic N) is 1. The summed E-state index contributed by atoms with van der Waals surface area (Å²) in [5, 5.41) is 16.9. The molecule has 2 aliphatic heterocycles. The molecule has 3 fully saturated rings. The lowest BCUT2D eigenvalue weighted by Crippen LogP contribution is -2.70. The van der Waals surface area contributed by atoms with Crippen LogP contribution in [0.4, 0.5) is 11.4 Å². The van der Waals surface area contributed by atoms with Crippen molar-refractivity contribution in [3.8, 4) is 11.5 Å². The third-order valence-corrected chi connectivity index (χ3v) is 8.04. The maximum atomic E-state index is 13.8. The number of amides is 2. The SMILES string of the molecule is CC12CCC(CC1C(=O)N1CCOc3ccc(O)cc31)C1(C2)NC(=O)c2ccccc2N1. The highest BCUT2D eigenvalue weighted by Gasteiger charge is 2.61. The molecule has 1 spiro atoms. The molecule has 2 aromatic carbocycles. The van der Waals surface area contributed by atoms with Crippen molar-refractivity contribution in [2.75, 3.05) is 23.4 Å². The van der Waals surface area contributed by atoms with Gasteiger partial charge < -0.3 is 25.4 Å². The molecular formula is C25H27N3O4. The van der Waals surface area contributed by atoms with Crippen LogP contribution in [-0.4, -0.2) is 35.7 Å². The summed E-state index contributed by atoms with van der Waals surface area (Å²) in [6.45, 7) is 3.10. The van der Waals surface area contributed by atoms with Gasteiger partial charge in [0, 0.05) is 23.6 Å². The first kappa shape index (κ1) is 19.5. The molecule has 3 N–H and O–H groups in total. The molecule has 7 nitrogen and oxygen atoms in total. The monoisotopic (exact) mass is 433 g/mol. The molecule has 4 atom stereocenters. The molecular weight excluding hydrogens is 406 g/mol. The molecule has 2 aromatic rings. The van der Waals surface area contributed by atoms with Crippen LogP contribution in [0.5, 0.6) is 11.5 Å². The average Bonchev–Trinajstić information content (AvgIpc) is 2.78. The first-order valence-corrected chi connectivity index (χ1v) is 11.4. The van der Waals surface area contributed by atoms with E-state index in [-0.39, 0.29) is 34.8 Å². The van der Waals surface area contributed by atoms with Gasteiger partial charge in [-0.1, -0.05) is 19.1 Å². The van der Waals surface area contributed by atoms with Crippen LogP contribution in [0.3, 0.4) is 0 Å². The Balaban J connectivity index is 1.31. The predicted octanol–water partition coefficient (Wildman–Crippen LogP) is 3.50. The van der Waals surface area contributed by atoms with E-state index in [1.807, 2.05) is 24.3 Å². The van der Waals surface area contributed by atoms with Gasteiger partial charge in [0.05, 0.1) is 17.8 Å². The summed E-state index contributed by atoms with van der Waals surface area (Å²) in [7, 11) is 0. The molecule has 4 unspecified atom stereocenters. The Morgan fingerprint density at radius 2 is 2.06 bits per heavy atom. The Morgan fingerprint density at radius 3 is 2.91 bits per heavy atom. The van der Waals surface area contributed by atoms with E-state index in [0.717, 1.165) is 24.9 Å². The second-order valence-electron chi connectivity index (χ2n) is 9.94. The topological polar surface area (TPSA) is 90.9 Å². The summed E-state index contributed by atoms with van der Waals surface area (Å²) in [6, 6.07) is 12.5. The smallest absolute Gasteiger partial charge is 0.255 e. The zero-order chi connectivity index (χ0) is 22.1. The molecule has 0 aromatic heterocycles. The van der Waals surface area contributed by atoms with Crippen molar-refractivity contribution in [1.29, 1.82) is 0 Å². The van der Waals surface area contributed by atoms with E-state index in [4.69, 9.17) is 4.74 Å². The van der Waals surface area contributed by atoms with Crippen molar-refractivity contribution in [2.45, 2.75) is 38.3 Å². The number of ether oxygens (including phenoxy) is 1. The summed E-state index contributed by atoms with van der Waals surface area (Å²) in [6.07, 6.45) is 3.34. The number of aromatic hydroxyl groups is 1. The van der Waals surface area contributed by atoms with Crippen LogP contribution in [-0.2, 0) is 4.79 Å². The van der Waals surface area contributed by atoms with Crippen molar-refractivity contribution in [3.63, 3.8) is 0 Å². The van der Waals surface area contributed by atoms with Crippen LogP contribution < -0.4 is 20.3 Å². The first-order chi connectivity index (χ1) is 15.4. The third-order valence-electron chi connectivity index (χ3n) is 8.04. The van der Waals surface area contributed by atoms with Crippen LogP contribution in [0.15, 0.2) is 42.5 Å². The Kier molecular flexibility index (Phi) is 4.04. The second-order valence-corrected chi connectivity index (χ2v) is 9.94. The number of fused-ring (bicyclic) bond motifs is 4. The van der Waals surface area contributed by atoms with Crippen molar-refractivity contribution in [1.82, 2.24) is 5.32 Å². The van der Waals surface area contributed by atoms with E-state index >= 15 is 0 Å². The number of carbonyl (C=O) groups is 2. The van der Waals surface area contributed by atoms with Crippen molar-refractivity contribution < 1.29 is 19.4 Å². The van der Waals surface area contributed by atoms with Gasteiger partial charge in [0.25, 0.3) is 5.91 Å². The van der Waals surface area contributed by atoms with E-state index in [9.17, 15) is 14.7 Å². The minimum atomic E-state index is -0.517.